The number of aryl methyl sites for hydroxylation is 1. The SMILES string of the molecule is CSc1ncc(C)c(OCC2CCN(Cc3nnc(C(F)(F)F)o3)CC2)n1. The molecule has 1 aliphatic rings. The minimum atomic E-state index is -4.61. The first-order valence-corrected chi connectivity index (χ1v) is 9.70. The Hall–Kier alpha value is -1.88. The van der Waals surface area contributed by atoms with Crippen LogP contribution in [0.4, 0.5) is 13.2 Å². The molecule has 1 aliphatic heterocycles. The minimum Gasteiger partial charge on any atom is -0.477 e. The van der Waals surface area contributed by atoms with E-state index in [4.69, 9.17) is 4.74 Å². The molecule has 1 saturated heterocycles. The van der Waals surface area contributed by atoms with Crippen LogP contribution in [0, 0.1) is 12.8 Å². The molecule has 0 N–H and O–H groups in total. The molecule has 0 atom stereocenters. The Morgan fingerprint density at radius 1 is 1.30 bits per heavy atom. The summed E-state index contributed by atoms with van der Waals surface area (Å²) in [5.74, 6) is -0.354. The van der Waals surface area contributed by atoms with E-state index in [0.29, 0.717) is 23.6 Å². The lowest BCUT2D eigenvalue weighted by Crippen LogP contribution is -2.35. The van der Waals surface area contributed by atoms with E-state index >= 15 is 0 Å². The lowest BCUT2D eigenvalue weighted by molar-refractivity contribution is -0.157. The van der Waals surface area contributed by atoms with Gasteiger partial charge in [0.05, 0.1) is 13.2 Å². The third kappa shape index (κ3) is 5.32. The highest BCUT2D eigenvalue weighted by Crippen LogP contribution is 2.28. The van der Waals surface area contributed by atoms with E-state index in [9.17, 15) is 13.2 Å². The third-order valence-corrected chi connectivity index (χ3v) is 4.88. The molecule has 0 aliphatic carbocycles. The number of aromatic nitrogens is 4. The van der Waals surface area contributed by atoms with Crippen LogP contribution in [-0.2, 0) is 12.7 Å². The number of halogens is 3. The van der Waals surface area contributed by atoms with Crippen LogP contribution in [0.2, 0.25) is 0 Å². The second kappa shape index (κ2) is 8.42. The van der Waals surface area contributed by atoms with E-state index in [2.05, 4.69) is 24.6 Å². The molecule has 2 aromatic rings. The second-order valence-electron chi connectivity index (χ2n) is 6.37. The van der Waals surface area contributed by atoms with Gasteiger partial charge in [0.15, 0.2) is 5.16 Å². The Morgan fingerprint density at radius 2 is 2.04 bits per heavy atom. The molecule has 0 saturated carbocycles. The van der Waals surface area contributed by atoms with Crippen LogP contribution in [0.3, 0.4) is 0 Å². The van der Waals surface area contributed by atoms with Gasteiger partial charge in [0.25, 0.3) is 0 Å². The number of likely N-dealkylation sites (tertiary alicyclic amines) is 1. The molecule has 0 spiro atoms. The van der Waals surface area contributed by atoms with E-state index in [1.807, 2.05) is 18.1 Å². The Balaban J connectivity index is 1.46. The number of ether oxygens (including phenoxy) is 1. The Morgan fingerprint density at radius 3 is 2.67 bits per heavy atom. The summed E-state index contributed by atoms with van der Waals surface area (Å²) in [6.45, 7) is 4.14. The van der Waals surface area contributed by atoms with Crippen LogP contribution in [0.5, 0.6) is 5.88 Å². The predicted molar refractivity (Wildman–Crippen MR) is 91.3 cm³/mol. The Kier molecular flexibility index (Phi) is 6.20. The van der Waals surface area contributed by atoms with Gasteiger partial charge in [-0.15, -0.1) is 10.2 Å². The molecule has 0 unspecified atom stereocenters. The lowest BCUT2D eigenvalue weighted by Gasteiger charge is -2.30. The molecule has 1 fully saturated rings. The molecule has 148 valence electrons. The van der Waals surface area contributed by atoms with Gasteiger partial charge in [-0.1, -0.05) is 11.8 Å². The maximum atomic E-state index is 12.5. The summed E-state index contributed by atoms with van der Waals surface area (Å²) in [5.41, 5.74) is 0.891. The average molecular weight is 403 g/mol. The molecule has 3 rings (SSSR count). The Labute approximate surface area is 158 Å². The van der Waals surface area contributed by atoms with Crippen LogP contribution in [0.1, 0.15) is 30.2 Å². The van der Waals surface area contributed by atoms with Crippen molar-refractivity contribution in [3.63, 3.8) is 0 Å². The molecule has 27 heavy (non-hydrogen) atoms. The standard InChI is InChI=1S/C16H20F3N5O2S/c1-10-7-20-15(27-2)21-13(10)25-9-11-3-5-24(6-4-11)8-12-22-23-14(26-12)16(17,18)19/h7,11H,3-6,8-9H2,1-2H3. The van der Waals surface area contributed by atoms with Crippen molar-refractivity contribution < 1.29 is 22.3 Å². The van der Waals surface area contributed by atoms with E-state index in [-0.39, 0.29) is 12.4 Å². The van der Waals surface area contributed by atoms with Gasteiger partial charge in [0.2, 0.25) is 11.8 Å². The summed E-state index contributed by atoms with van der Waals surface area (Å²) in [7, 11) is 0. The van der Waals surface area contributed by atoms with E-state index < -0.39 is 12.1 Å². The second-order valence-corrected chi connectivity index (χ2v) is 7.15. The quantitative estimate of drug-likeness (QED) is 0.538. The summed E-state index contributed by atoms with van der Waals surface area (Å²) in [5, 5.41) is 7.20. The van der Waals surface area contributed by atoms with Gasteiger partial charge in [0, 0.05) is 11.8 Å². The summed E-state index contributed by atoms with van der Waals surface area (Å²) >= 11 is 1.46. The molecule has 0 radical (unpaired) electrons. The Bertz CT molecular complexity index is 763. The van der Waals surface area contributed by atoms with Crippen molar-refractivity contribution in [3.05, 3.63) is 23.5 Å². The van der Waals surface area contributed by atoms with Gasteiger partial charge in [-0.2, -0.15) is 18.2 Å². The van der Waals surface area contributed by atoms with Crippen molar-refractivity contribution >= 4 is 11.8 Å². The summed E-state index contributed by atoms with van der Waals surface area (Å²) < 4.78 is 48.0. The monoisotopic (exact) mass is 403 g/mol. The molecule has 0 aromatic carbocycles. The molecule has 3 heterocycles. The van der Waals surface area contributed by atoms with Crippen molar-refractivity contribution in [2.45, 2.75) is 37.6 Å². The van der Waals surface area contributed by atoms with Crippen LogP contribution in [0.15, 0.2) is 15.8 Å². The summed E-state index contributed by atoms with van der Waals surface area (Å²) in [6.07, 6.45) is 0.798. The van der Waals surface area contributed by atoms with E-state index in [1.165, 1.54) is 11.8 Å². The first-order chi connectivity index (χ1) is 12.8. The van der Waals surface area contributed by atoms with Gasteiger partial charge in [0.1, 0.15) is 0 Å². The van der Waals surface area contributed by atoms with Crippen molar-refractivity contribution in [3.8, 4) is 5.88 Å². The molecule has 11 heteroatoms. The number of alkyl halides is 3. The number of hydrogen-bond acceptors (Lipinski definition) is 8. The van der Waals surface area contributed by atoms with Gasteiger partial charge < -0.3 is 9.15 Å². The van der Waals surface area contributed by atoms with Gasteiger partial charge in [-0.05, 0) is 45.0 Å². The van der Waals surface area contributed by atoms with Gasteiger partial charge in [-0.3, -0.25) is 4.90 Å². The van der Waals surface area contributed by atoms with Crippen LogP contribution >= 0.6 is 11.8 Å². The topological polar surface area (TPSA) is 77.2 Å². The first kappa shape index (κ1) is 19.9. The molecule has 0 amide bonds. The highest BCUT2D eigenvalue weighted by molar-refractivity contribution is 7.98. The van der Waals surface area contributed by atoms with Crippen molar-refractivity contribution in [2.24, 2.45) is 5.92 Å². The van der Waals surface area contributed by atoms with E-state index in [1.54, 1.807) is 6.20 Å². The zero-order valence-electron chi connectivity index (χ0n) is 15.0. The maximum Gasteiger partial charge on any atom is 0.470 e. The zero-order chi connectivity index (χ0) is 19.4. The van der Waals surface area contributed by atoms with Crippen molar-refractivity contribution in [1.29, 1.82) is 0 Å². The van der Waals surface area contributed by atoms with Crippen LogP contribution < -0.4 is 4.74 Å². The largest absolute Gasteiger partial charge is 0.477 e. The molecule has 7 nitrogen and oxygen atoms in total. The first-order valence-electron chi connectivity index (χ1n) is 8.47. The zero-order valence-corrected chi connectivity index (χ0v) is 15.8. The summed E-state index contributed by atoms with van der Waals surface area (Å²) in [4.78, 5) is 10.6. The third-order valence-electron chi connectivity index (χ3n) is 4.32. The molecular weight excluding hydrogens is 383 g/mol. The van der Waals surface area contributed by atoms with Crippen LogP contribution in [-0.4, -0.2) is 51.0 Å². The fraction of sp³-hybridized carbons (Fsp3) is 0.625. The highest BCUT2D eigenvalue weighted by atomic mass is 32.2. The molecular formula is C16H20F3N5O2S. The number of hydrogen-bond donors (Lipinski definition) is 0. The fourth-order valence-electron chi connectivity index (χ4n) is 2.79. The highest BCUT2D eigenvalue weighted by Gasteiger charge is 2.38. The predicted octanol–water partition coefficient (Wildman–Crippen LogP) is 3.20. The van der Waals surface area contributed by atoms with Gasteiger partial charge in [-0.25, -0.2) is 4.98 Å². The fourth-order valence-corrected chi connectivity index (χ4v) is 3.12. The van der Waals surface area contributed by atoms with Crippen molar-refractivity contribution in [1.82, 2.24) is 25.1 Å². The van der Waals surface area contributed by atoms with Crippen LogP contribution in [0.25, 0.3) is 0 Å². The smallest absolute Gasteiger partial charge is 0.470 e. The van der Waals surface area contributed by atoms with E-state index in [0.717, 1.165) is 31.5 Å². The maximum absolute atomic E-state index is 12.5. The minimum absolute atomic E-state index is 0.0155. The number of rotatable bonds is 6. The summed E-state index contributed by atoms with van der Waals surface area (Å²) in [6, 6.07) is 0. The number of piperidine rings is 1. The average Bonchev–Trinajstić information content (AvgIpc) is 3.11. The normalized spacial score (nSPS) is 16.6. The number of thioether (sulfide) groups is 1. The molecule has 0 bridgehead atoms. The van der Waals surface area contributed by atoms with Crippen molar-refractivity contribution in [2.75, 3.05) is 26.0 Å². The number of nitrogens with zero attached hydrogens (tertiary/aromatic N) is 5. The lowest BCUT2D eigenvalue weighted by atomic mass is 9.98. The molecule has 2 aromatic heterocycles. The van der Waals surface area contributed by atoms with Gasteiger partial charge >= 0.3 is 12.1 Å².